The Morgan fingerprint density at radius 2 is 2.00 bits per heavy atom. The van der Waals surface area contributed by atoms with Crippen LogP contribution in [0, 0.1) is 11.6 Å². The maximum Gasteiger partial charge on any atom is 0.328 e. The van der Waals surface area contributed by atoms with Crippen molar-refractivity contribution in [1.82, 2.24) is 0 Å². The van der Waals surface area contributed by atoms with Crippen molar-refractivity contribution in [1.29, 1.82) is 0 Å². The first-order valence-corrected chi connectivity index (χ1v) is 7.12. The first kappa shape index (κ1) is 15.5. The minimum atomic E-state index is -1.15. The Morgan fingerprint density at radius 1 is 1.38 bits per heavy atom. The third kappa shape index (κ3) is 3.23. The molecule has 0 amide bonds. The van der Waals surface area contributed by atoms with E-state index in [2.05, 4.69) is 0 Å². The second-order valence-electron chi connectivity index (χ2n) is 5.40. The number of hydrogen-bond donors (Lipinski definition) is 1. The standard InChI is InChI=1S/C16H19F2NO2/c1-3-12-6-4-10(2)19(12)16-13(17)8-11(9-14(16)18)5-7-15(20)21/h5,7-10,12H,3-4,6H2,1-2H3,(H,20,21)/b7-5+. The first-order chi connectivity index (χ1) is 9.93. The van der Waals surface area contributed by atoms with Crippen molar-refractivity contribution in [2.24, 2.45) is 0 Å². The van der Waals surface area contributed by atoms with Gasteiger partial charge < -0.3 is 10.0 Å². The van der Waals surface area contributed by atoms with E-state index in [-0.39, 0.29) is 23.3 Å². The molecular formula is C16H19F2NO2. The van der Waals surface area contributed by atoms with Gasteiger partial charge >= 0.3 is 5.97 Å². The molecule has 1 aromatic carbocycles. The molecule has 1 heterocycles. The monoisotopic (exact) mass is 295 g/mol. The lowest BCUT2D eigenvalue weighted by atomic mass is 10.1. The number of nitrogens with zero attached hydrogens (tertiary/aromatic N) is 1. The molecule has 114 valence electrons. The fourth-order valence-electron chi connectivity index (χ4n) is 2.97. The number of anilines is 1. The number of aliphatic carboxylic acids is 1. The number of benzene rings is 1. The van der Waals surface area contributed by atoms with Crippen molar-refractivity contribution < 1.29 is 18.7 Å². The molecule has 0 saturated carbocycles. The zero-order valence-corrected chi connectivity index (χ0v) is 12.1. The maximum atomic E-state index is 14.3. The molecule has 5 heteroatoms. The summed E-state index contributed by atoms with van der Waals surface area (Å²) in [5, 5.41) is 8.56. The summed E-state index contributed by atoms with van der Waals surface area (Å²) in [6.45, 7) is 3.97. The Hall–Kier alpha value is -1.91. The van der Waals surface area contributed by atoms with E-state index in [4.69, 9.17) is 5.11 Å². The average Bonchev–Trinajstić information content (AvgIpc) is 2.77. The Balaban J connectivity index is 2.39. The molecule has 1 N–H and O–H groups in total. The van der Waals surface area contributed by atoms with Gasteiger partial charge in [0.05, 0.1) is 0 Å². The molecule has 0 spiro atoms. The molecule has 1 aliphatic rings. The summed E-state index contributed by atoms with van der Waals surface area (Å²) in [5.74, 6) is -2.45. The minimum absolute atomic E-state index is 0.000625. The number of carboxylic acids is 1. The highest BCUT2D eigenvalue weighted by Crippen LogP contribution is 2.36. The van der Waals surface area contributed by atoms with Gasteiger partial charge in [-0.15, -0.1) is 0 Å². The molecule has 1 aromatic rings. The maximum absolute atomic E-state index is 14.3. The Labute approximate surface area is 122 Å². The van der Waals surface area contributed by atoms with Crippen molar-refractivity contribution in [3.05, 3.63) is 35.4 Å². The van der Waals surface area contributed by atoms with Crippen LogP contribution in [0.1, 0.15) is 38.7 Å². The Morgan fingerprint density at radius 3 is 2.52 bits per heavy atom. The van der Waals surface area contributed by atoms with Crippen LogP contribution in [0.3, 0.4) is 0 Å². The molecule has 21 heavy (non-hydrogen) atoms. The van der Waals surface area contributed by atoms with Crippen LogP contribution in [-0.4, -0.2) is 23.2 Å². The lowest BCUT2D eigenvalue weighted by molar-refractivity contribution is -0.131. The van der Waals surface area contributed by atoms with Gasteiger partial charge in [-0.2, -0.15) is 0 Å². The van der Waals surface area contributed by atoms with Gasteiger partial charge in [0.1, 0.15) is 17.3 Å². The summed E-state index contributed by atoms with van der Waals surface area (Å²) in [7, 11) is 0. The van der Waals surface area contributed by atoms with Gasteiger partial charge in [0, 0.05) is 18.2 Å². The van der Waals surface area contributed by atoms with Crippen LogP contribution in [0.4, 0.5) is 14.5 Å². The summed E-state index contributed by atoms with van der Waals surface area (Å²) >= 11 is 0. The molecule has 0 aromatic heterocycles. The molecule has 0 aliphatic carbocycles. The van der Waals surface area contributed by atoms with E-state index in [0.717, 1.165) is 25.3 Å². The fraction of sp³-hybridized carbons (Fsp3) is 0.438. The summed E-state index contributed by atoms with van der Waals surface area (Å²) < 4.78 is 28.6. The Bertz CT molecular complexity index is 548. The van der Waals surface area contributed by atoms with Gasteiger partial charge in [-0.25, -0.2) is 13.6 Å². The fourth-order valence-corrected chi connectivity index (χ4v) is 2.97. The van der Waals surface area contributed by atoms with Crippen molar-refractivity contribution in [2.45, 2.75) is 45.2 Å². The van der Waals surface area contributed by atoms with Crippen LogP contribution < -0.4 is 4.90 Å². The largest absolute Gasteiger partial charge is 0.478 e. The van der Waals surface area contributed by atoms with E-state index in [9.17, 15) is 13.6 Å². The van der Waals surface area contributed by atoms with Gasteiger partial charge in [-0.1, -0.05) is 6.92 Å². The van der Waals surface area contributed by atoms with Crippen LogP contribution in [0.2, 0.25) is 0 Å². The Kier molecular flexibility index (Phi) is 4.60. The number of hydrogen-bond acceptors (Lipinski definition) is 2. The highest BCUT2D eigenvalue weighted by atomic mass is 19.1. The van der Waals surface area contributed by atoms with E-state index in [1.807, 2.05) is 18.7 Å². The molecule has 1 aliphatic heterocycles. The third-order valence-corrected chi connectivity index (χ3v) is 3.97. The predicted molar refractivity (Wildman–Crippen MR) is 78.3 cm³/mol. The van der Waals surface area contributed by atoms with E-state index in [1.54, 1.807) is 0 Å². The predicted octanol–water partition coefficient (Wildman–Crippen LogP) is 3.83. The van der Waals surface area contributed by atoms with E-state index < -0.39 is 17.6 Å². The zero-order chi connectivity index (χ0) is 15.6. The first-order valence-electron chi connectivity index (χ1n) is 7.12. The average molecular weight is 295 g/mol. The topological polar surface area (TPSA) is 40.5 Å². The van der Waals surface area contributed by atoms with E-state index in [1.165, 1.54) is 18.2 Å². The second-order valence-corrected chi connectivity index (χ2v) is 5.40. The highest BCUT2D eigenvalue weighted by Gasteiger charge is 2.33. The van der Waals surface area contributed by atoms with E-state index >= 15 is 0 Å². The molecule has 0 radical (unpaired) electrons. The number of carbonyl (C=O) groups is 1. The molecule has 2 unspecified atom stereocenters. The normalized spacial score (nSPS) is 22.2. The van der Waals surface area contributed by atoms with Crippen LogP contribution in [0.25, 0.3) is 6.08 Å². The minimum Gasteiger partial charge on any atom is -0.478 e. The summed E-state index contributed by atoms with van der Waals surface area (Å²) in [4.78, 5) is 12.3. The summed E-state index contributed by atoms with van der Waals surface area (Å²) in [5.41, 5.74) is 0.204. The lowest BCUT2D eigenvalue weighted by Gasteiger charge is -2.31. The van der Waals surface area contributed by atoms with Crippen molar-refractivity contribution in [3.8, 4) is 0 Å². The molecule has 2 atom stereocenters. The van der Waals surface area contributed by atoms with Crippen LogP contribution in [-0.2, 0) is 4.79 Å². The van der Waals surface area contributed by atoms with Crippen LogP contribution >= 0.6 is 0 Å². The van der Waals surface area contributed by atoms with Gasteiger partial charge in [0.25, 0.3) is 0 Å². The zero-order valence-electron chi connectivity index (χ0n) is 12.1. The third-order valence-electron chi connectivity index (χ3n) is 3.97. The van der Waals surface area contributed by atoms with E-state index in [0.29, 0.717) is 0 Å². The summed E-state index contributed by atoms with van der Waals surface area (Å²) in [6, 6.07) is 2.59. The van der Waals surface area contributed by atoms with Gasteiger partial charge in [-0.05, 0) is 50.0 Å². The SMILES string of the molecule is CCC1CCC(C)N1c1c(F)cc(/C=C/C(=O)O)cc1F. The van der Waals surface area contributed by atoms with Crippen molar-refractivity contribution >= 4 is 17.7 Å². The van der Waals surface area contributed by atoms with Crippen molar-refractivity contribution in [3.63, 3.8) is 0 Å². The lowest BCUT2D eigenvalue weighted by Crippen LogP contribution is -2.35. The number of carboxylic acid groups (broad SMARTS) is 1. The smallest absolute Gasteiger partial charge is 0.328 e. The summed E-state index contributed by atoms with van der Waals surface area (Å²) in [6.07, 6.45) is 4.73. The van der Waals surface area contributed by atoms with Crippen LogP contribution in [0.5, 0.6) is 0 Å². The molecular weight excluding hydrogens is 276 g/mol. The van der Waals surface area contributed by atoms with Gasteiger partial charge in [-0.3, -0.25) is 0 Å². The molecule has 1 saturated heterocycles. The molecule has 1 fully saturated rings. The van der Waals surface area contributed by atoms with Gasteiger partial charge in [0.15, 0.2) is 0 Å². The second kappa shape index (κ2) is 6.24. The molecule has 0 bridgehead atoms. The van der Waals surface area contributed by atoms with Gasteiger partial charge in [0.2, 0.25) is 0 Å². The van der Waals surface area contributed by atoms with Crippen molar-refractivity contribution in [2.75, 3.05) is 4.90 Å². The molecule has 3 nitrogen and oxygen atoms in total. The number of halogens is 2. The number of rotatable bonds is 4. The highest BCUT2D eigenvalue weighted by molar-refractivity contribution is 5.85. The molecule has 2 rings (SSSR count). The van der Waals surface area contributed by atoms with Crippen LogP contribution in [0.15, 0.2) is 18.2 Å². The quantitative estimate of drug-likeness (QED) is 0.858.